The first kappa shape index (κ1) is 15.5. The molecule has 0 aliphatic carbocycles. The molecule has 102 valence electrons. The summed E-state index contributed by atoms with van der Waals surface area (Å²) < 4.78 is 2.21. The van der Waals surface area contributed by atoms with Gasteiger partial charge in [-0.25, -0.2) is 0 Å². The predicted octanol–water partition coefficient (Wildman–Crippen LogP) is 5.93. The average Bonchev–Trinajstić information content (AvgIpc) is 2.70. The predicted molar refractivity (Wildman–Crippen MR) is 91.4 cm³/mol. The van der Waals surface area contributed by atoms with Crippen LogP contribution >= 0.6 is 54.8 Å². The highest BCUT2D eigenvalue weighted by Gasteiger charge is 2.19. The zero-order valence-corrected chi connectivity index (χ0v) is 15.4. The Morgan fingerprint density at radius 1 is 1.37 bits per heavy atom. The molecule has 1 aromatic carbocycles. The zero-order chi connectivity index (χ0) is 14.0. The minimum absolute atomic E-state index is 0.177. The highest BCUT2D eigenvalue weighted by Crippen LogP contribution is 2.39. The van der Waals surface area contributed by atoms with Crippen molar-refractivity contribution in [2.75, 3.05) is 6.54 Å². The second-order valence-electron chi connectivity index (χ2n) is 4.22. The molecule has 0 aliphatic heterocycles. The molecule has 1 unspecified atom stereocenters. The summed E-state index contributed by atoms with van der Waals surface area (Å²) in [6.07, 6.45) is 0. The van der Waals surface area contributed by atoms with Crippen molar-refractivity contribution < 1.29 is 0 Å². The van der Waals surface area contributed by atoms with Gasteiger partial charge in [-0.1, -0.05) is 30.7 Å². The van der Waals surface area contributed by atoms with Crippen LogP contribution in [0.25, 0.3) is 0 Å². The quantitative estimate of drug-likeness (QED) is 0.642. The fraction of sp³-hybridized carbons (Fsp3) is 0.286. The third kappa shape index (κ3) is 3.42. The molecule has 1 nitrogen and oxygen atoms in total. The molecule has 5 heteroatoms. The molecule has 0 bridgehead atoms. The van der Waals surface area contributed by atoms with Crippen molar-refractivity contribution in [2.24, 2.45) is 0 Å². The number of rotatable bonds is 4. The Bertz CT molecular complexity index is 563. The molecule has 1 aromatic heterocycles. The summed E-state index contributed by atoms with van der Waals surface area (Å²) in [6.45, 7) is 5.09. The number of nitrogens with one attached hydrogen (secondary N) is 1. The molecule has 1 N–H and O–H groups in total. The Balaban J connectivity index is 2.48. The van der Waals surface area contributed by atoms with Gasteiger partial charge in [0.25, 0.3) is 0 Å². The van der Waals surface area contributed by atoms with Gasteiger partial charge in [0.2, 0.25) is 0 Å². The number of halogens is 3. The Morgan fingerprint density at radius 3 is 2.68 bits per heavy atom. The van der Waals surface area contributed by atoms with Gasteiger partial charge in [0.1, 0.15) is 0 Å². The van der Waals surface area contributed by atoms with Gasteiger partial charge < -0.3 is 5.32 Å². The largest absolute Gasteiger partial charge is 0.306 e. The molecule has 0 saturated heterocycles. The molecular formula is C14H14Br2ClNS. The lowest BCUT2D eigenvalue weighted by Gasteiger charge is -2.19. The molecule has 0 radical (unpaired) electrons. The first-order valence-electron chi connectivity index (χ1n) is 5.97. The van der Waals surface area contributed by atoms with E-state index < -0.39 is 0 Å². The monoisotopic (exact) mass is 421 g/mol. The first-order chi connectivity index (χ1) is 9.04. The maximum absolute atomic E-state index is 6.24. The number of hydrogen-bond acceptors (Lipinski definition) is 2. The van der Waals surface area contributed by atoms with Crippen molar-refractivity contribution in [2.45, 2.75) is 19.9 Å². The van der Waals surface area contributed by atoms with Gasteiger partial charge in [0.15, 0.2) is 0 Å². The van der Waals surface area contributed by atoms with Gasteiger partial charge in [0.05, 0.1) is 9.83 Å². The summed E-state index contributed by atoms with van der Waals surface area (Å²) >= 11 is 15.1. The average molecular weight is 424 g/mol. The van der Waals surface area contributed by atoms with E-state index in [-0.39, 0.29) is 6.04 Å². The number of hydrogen-bond donors (Lipinski definition) is 1. The Labute approximate surface area is 139 Å². The van der Waals surface area contributed by atoms with Gasteiger partial charge in [-0.2, -0.15) is 0 Å². The molecule has 1 heterocycles. The fourth-order valence-electron chi connectivity index (χ4n) is 2.01. The summed E-state index contributed by atoms with van der Waals surface area (Å²) in [5.41, 5.74) is 2.37. The van der Waals surface area contributed by atoms with E-state index in [1.807, 2.05) is 12.1 Å². The lowest BCUT2D eigenvalue weighted by molar-refractivity contribution is 0.636. The standard InChI is InChI=1S/C14H14Br2ClNS/c1-3-18-13(12-7-10(15)14(16)19-12)9-5-4-6-11(17)8(9)2/h4-7,13,18H,3H2,1-2H3. The molecular weight excluding hydrogens is 409 g/mol. The molecule has 0 saturated carbocycles. The summed E-state index contributed by atoms with van der Waals surface area (Å²) in [4.78, 5) is 1.27. The van der Waals surface area contributed by atoms with Crippen LogP contribution in [0.5, 0.6) is 0 Å². The Kier molecular flexibility index (Phi) is 5.49. The normalized spacial score (nSPS) is 12.7. The van der Waals surface area contributed by atoms with Crippen LogP contribution in [-0.2, 0) is 0 Å². The van der Waals surface area contributed by atoms with E-state index in [0.717, 1.165) is 25.4 Å². The Hall–Kier alpha value is 0.130. The summed E-state index contributed by atoms with van der Waals surface area (Å²) in [7, 11) is 0. The maximum atomic E-state index is 6.24. The molecule has 0 fully saturated rings. The number of thiophene rings is 1. The van der Waals surface area contributed by atoms with E-state index >= 15 is 0 Å². The van der Waals surface area contributed by atoms with Crippen LogP contribution in [0, 0.1) is 6.92 Å². The molecule has 19 heavy (non-hydrogen) atoms. The van der Waals surface area contributed by atoms with Crippen molar-refractivity contribution >= 4 is 54.8 Å². The Morgan fingerprint density at radius 2 is 2.11 bits per heavy atom. The summed E-state index contributed by atoms with van der Waals surface area (Å²) in [5.74, 6) is 0. The van der Waals surface area contributed by atoms with Gasteiger partial charge in [-0.3, -0.25) is 0 Å². The van der Waals surface area contributed by atoms with Crippen molar-refractivity contribution in [1.29, 1.82) is 0 Å². The van der Waals surface area contributed by atoms with Crippen LogP contribution in [0.15, 0.2) is 32.5 Å². The lowest BCUT2D eigenvalue weighted by Crippen LogP contribution is -2.22. The van der Waals surface area contributed by atoms with E-state index in [9.17, 15) is 0 Å². The van der Waals surface area contributed by atoms with Crippen molar-refractivity contribution in [1.82, 2.24) is 5.32 Å². The van der Waals surface area contributed by atoms with Crippen LogP contribution in [0.4, 0.5) is 0 Å². The van der Waals surface area contributed by atoms with Gasteiger partial charge in [-0.15, -0.1) is 11.3 Å². The SMILES string of the molecule is CCNC(c1cc(Br)c(Br)s1)c1cccc(Cl)c1C. The van der Waals surface area contributed by atoms with Gasteiger partial charge >= 0.3 is 0 Å². The third-order valence-corrected chi connectivity index (χ3v) is 6.71. The summed E-state index contributed by atoms with van der Waals surface area (Å²) in [5, 5.41) is 4.35. The topological polar surface area (TPSA) is 12.0 Å². The van der Waals surface area contributed by atoms with E-state index in [1.165, 1.54) is 10.4 Å². The van der Waals surface area contributed by atoms with E-state index in [1.54, 1.807) is 11.3 Å². The van der Waals surface area contributed by atoms with Crippen LogP contribution in [0.2, 0.25) is 5.02 Å². The highest BCUT2D eigenvalue weighted by molar-refractivity contribution is 9.13. The van der Waals surface area contributed by atoms with E-state index in [0.29, 0.717) is 0 Å². The van der Waals surface area contributed by atoms with Crippen LogP contribution < -0.4 is 5.32 Å². The van der Waals surface area contributed by atoms with Crippen molar-refractivity contribution in [3.63, 3.8) is 0 Å². The third-order valence-electron chi connectivity index (χ3n) is 2.98. The molecule has 0 aliphatic rings. The fourth-order valence-corrected chi connectivity index (χ4v) is 4.38. The zero-order valence-electron chi connectivity index (χ0n) is 10.6. The number of benzene rings is 1. The second kappa shape index (κ2) is 6.72. The van der Waals surface area contributed by atoms with Crippen LogP contribution in [-0.4, -0.2) is 6.54 Å². The molecule has 2 rings (SSSR count). The minimum Gasteiger partial charge on any atom is -0.306 e. The van der Waals surface area contributed by atoms with Crippen molar-refractivity contribution in [3.8, 4) is 0 Å². The second-order valence-corrected chi connectivity index (χ2v) is 7.88. The first-order valence-corrected chi connectivity index (χ1v) is 8.75. The molecule has 0 amide bonds. The highest BCUT2D eigenvalue weighted by atomic mass is 79.9. The minimum atomic E-state index is 0.177. The van der Waals surface area contributed by atoms with Crippen LogP contribution in [0.1, 0.15) is 29.0 Å². The molecule has 0 spiro atoms. The maximum Gasteiger partial charge on any atom is 0.0843 e. The summed E-state index contributed by atoms with van der Waals surface area (Å²) in [6, 6.07) is 8.41. The van der Waals surface area contributed by atoms with Gasteiger partial charge in [0, 0.05) is 14.4 Å². The van der Waals surface area contributed by atoms with Gasteiger partial charge in [-0.05, 0) is 68.6 Å². The van der Waals surface area contributed by atoms with Crippen molar-refractivity contribution in [3.05, 3.63) is 53.6 Å². The lowest BCUT2D eigenvalue weighted by atomic mass is 10.00. The molecule has 1 atom stereocenters. The smallest absolute Gasteiger partial charge is 0.0843 e. The van der Waals surface area contributed by atoms with Crippen LogP contribution in [0.3, 0.4) is 0 Å². The van der Waals surface area contributed by atoms with E-state index in [4.69, 9.17) is 11.6 Å². The molecule has 2 aromatic rings. The van der Waals surface area contributed by atoms with E-state index in [2.05, 4.69) is 63.2 Å².